The van der Waals surface area contributed by atoms with Crippen LogP contribution in [0.3, 0.4) is 0 Å². The number of unbranched alkanes of at least 4 members (excludes halogenated alkanes) is 30. The molecular formula is C39H81NO2. The highest BCUT2D eigenvalue weighted by Crippen LogP contribution is 2.15. The van der Waals surface area contributed by atoms with E-state index in [1.54, 1.807) is 0 Å². The van der Waals surface area contributed by atoms with E-state index in [2.05, 4.69) is 25.8 Å². The smallest absolute Gasteiger partial charge is 0.300 e. The van der Waals surface area contributed by atoms with Crippen molar-refractivity contribution in [2.45, 2.75) is 226 Å². The number of carboxylic acid groups (broad SMARTS) is 1. The topological polar surface area (TPSA) is 40.5 Å². The SMILES string of the molecule is CC(=O)O.CCCCCCCCCCCCCCCCCCN(C)CCCCCCCCCCCCCCCCCC. The molecule has 0 aromatic rings. The fourth-order valence-corrected chi connectivity index (χ4v) is 5.97. The van der Waals surface area contributed by atoms with Crippen LogP contribution in [0.4, 0.5) is 0 Å². The Labute approximate surface area is 266 Å². The van der Waals surface area contributed by atoms with E-state index in [9.17, 15) is 0 Å². The molecule has 42 heavy (non-hydrogen) atoms. The number of hydrogen-bond acceptors (Lipinski definition) is 2. The zero-order valence-electron chi connectivity index (χ0n) is 29.8. The summed E-state index contributed by atoms with van der Waals surface area (Å²) in [6.07, 6.45) is 46.8. The Morgan fingerprint density at radius 3 is 0.690 bits per heavy atom. The molecule has 0 radical (unpaired) electrons. The first kappa shape index (κ1) is 43.6. The minimum Gasteiger partial charge on any atom is -0.481 e. The zero-order chi connectivity index (χ0) is 31.2. The van der Waals surface area contributed by atoms with Gasteiger partial charge in [0.05, 0.1) is 0 Å². The van der Waals surface area contributed by atoms with Crippen molar-refractivity contribution in [1.82, 2.24) is 4.90 Å². The lowest BCUT2D eigenvalue weighted by Gasteiger charge is -2.16. The standard InChI is InChI=1S/C37H77N.C2H4O2/c1-4-6-8-10-12-14-16-18-20-22-24-26-28-30-32-34-36-38(3)37-35-33-31-29-27-25-23-21-19-17-15-13-11-9-7-5-2;1-2(3)4/h4-37H2,1-3H3;1H3,(H,3,4). The largest absolute Gasteiger partial charge is 0.481 e. The second-order valence-corrected chi connectivity index (χ2v) is 13.4. The third-order valence-electron chi connectivity index (χ3n) is 8.79. The Bertz CT molecular complexity index is 441. The van der Waals surface area contributed by atoms with Crippen LogP contribution in [0.5, 0.6) is 0 Å². The molecule has 0 amide bonds. The molecule has 0 aliphatic rings. The lowest BCUT2D eigenvalue weighted by Crippen LogP contribution is -2.20. The Morgan fingerprint density at radius 1 is 0.381 bits per heavy atom. The van der Waals surface area contributed by atoms with E-state index in [1.165, 1.54) is 219 Å². The normalized spacial score (nSPS) is 11.2. The van der Waals surface area contributed by atoms with E-state index in [-0.39, 0.29) is 0 Å². The van der Waals surface area contributed by atoms with Gasteiger partial charge >= 0.3 is 0 Å². The number of rotatable bonds is 34. The van der Waals surface area contributed by atoms with Crippen molar-refractivity contribution in [2.24, 2.45) is 0 Å². The first-order valence-electron chi connectivity index (χ1n) is 19.4. The summed E-state index contributed by atoms with van der Waals surface area (Å²) in [4.78, 5) is 11.6. The predicted molar refractivity (Wildman–Crippen MR) is 190 cm³/mol. The number of nitrogens with zero attached hydrogens (tertiary/aromatic N) is 1. The lowest BCUT2D eigenvalue weighted by atomic mass is 10.0. The summed E-state index contributed by atoms with van der Waals surface area (Å²) in [6, 6.07) is 0. The summed E-state index contributed by atoms with van der Waals surface area (Å²) >= 11 is 0. The molecule has 3 heteroatoms. The highest BCUT2D eigenvalue weighted by molar-refractivity contribution is 5.62. The van der Waals surface area contributed by atoms with Crippen molar-refractivity contribution in [3.63, 3.8) is 0 Å². The molecule has 254 valence electrons. The van der Waals surface area contributed by atoms with Crippen molar-refractivity contribution in [3.05, 3.63) is 0 Å². The van der Waals surface area contributed by atoms with Crippen molar-refractivity contribution in [2.75, 3.05) is 20.1 Å². The molecule has 0 saturated heterocycles. The van der Waals surface area contributed by atoms with Crippen molar-refractivity contribution >= 4 is 5.97 Å². The Morgan fingerprint density at radius 2 is 0.524 bits per heavy atom. The summed E-state index contributed by atoms with van der Waals surface area (Å²) in [5, 5.41) is 7.42. The summed E-state index contributed by atoms with van der Waals surface area (Å²) in [7, 11) is 2.34. The van der Waals surface area contributed by atoms with Gasteiger partial charge in [0.2, 0.25) is 0 Å². The quantitative estimate of drug-likeness (QED) is 0.0752. The number of aliphatic carboxylic acids is 1. The van der Waals surface area contributed by atoms with Crippen LogP contribution in [0.25, 0.3) is 0 Å². The van der Waals surface area contributed by atoms with Gasteiger partial charge in [0.1, 0.15) is 0 Å². The fourth-order valence-electron chi connectivity index (χ4n) is 5.97. The van der Waals surface area contributed by atoms with Gasteiger partial charge in [-0.25, -0.2) is 0 Å². The maximum absolute atomic E-state index is 9.00. The second-order valence-electron chi connectivity index (χ2n) is 13.4. The predicted octanol–water partition coefficient (Wildman–Crippen LogP) is 13.5. The first-order chi connectivity index (χ1) is 20.5. The molecule has 3 nitrogen and oxygen atoms in total. The van der Waals surface area contributed by atoms with Gasteiger partial charge in [-0.1, -0.05) is 206 Å². The molecule has 1 N–H and O–H groups in total. The third-order valence-corrected chi connectivity index (χ3v) is 8.79. The molecule has 0 aromatic carbocycles. The highest BCUT2D eigenvalue weighted by Gasteiger charge is 2.00. The van der Waals surface area contributed by atoms with Crippen LogP contribution in [0.2, 0.25) is 0 Å². The third kappa shape index (κ3) is 46.4. The molecule has 0 heterocycles. The number of carboxylic acids is 1. The summed E-state index contributed by atoms with van der Waals surface area (Å²) in [6.45, 7) is 8.33. The van der Waals surface area contributed by atoms with Crippen molar-refractivity contribution in [3.8, 4) is 0 Å². The van der Waals surface area contributed by atoms with Gasteiger partial charge in [-0.3, -0.25) is 4.79 Å². The monoisotopic (exact) mass is 596 g/mol. The van der Waals surface area contributed by atoms with E-state index < -0.39 is 5.97 Å². The molecule has 0 rings (SSSR count). The summed E-state index contributed by atoms with van der Waals surface area (Å²) < 4.78 is 0. The average Bonchev–Trinajstić information content (AvgIpc) is 2.96. The maximum Gasteiger partial charge on any atom is 0.300 e. The molecule has 0 fully saturated rings. The molecule has 0 aromatic heterocycles. The first-order valence-corrected chi connectivity index (χ1v) is 19.4. The summed E-state index contributed by atoms with van der Waals surface area (Å²) in [5.41, 5.74) is 0. The Kier molecular flexibility index (Phi) is 41.9. The van der Waals surface area contributed by atoms with E-state index in [0.717, 1.165) is 6.92 Å². The Balaban J connectivity index is 0. The van der Waals surface area contributed by atoms with E-state index in [0.29, 0.717) is 0 Å². The minimum atomic E-state index is -0.833. The molecular weight excluding hydrogens is 514 g/mol. The van der Waals surface area contributed by atoms with Gasteiger partial charge < -0.3 is 10.0 Å². The van der Waals surface area contributed by atoms with E-state index in [1.807, 2.05) is 0 Å². The minimum absolute atomic E-state index is 0.833. The lowest BCUT2D eigenvalue weighted by molar-refractivity contribution is -0.134. The molecule has 0 spiro atoms. The van der Waals surface area contributed by atoms with Gasteiger partial charge in [-0.05, 0) is 33.0 Å². The molecule has 0 saturated carbocycles. The number of carbonyl (C=O) groups is 1. The van der Waals surface area contributed by atoms with Crippen molar-refractivity contribution in [1.29, 1.82) is 0 Å². The molecule has 0 unspecified atom stereocenters. The van der Waals surface area contributed by atoms with E-state index in [4.69, 9.17) is 9.90 Å². The molecule has 0 aliphatic carbocycles. The van der Waals surface area contributed by atoms with Gasteiger partial charge in [0.25, 0.3) is 5.97 Å². The van der Waals surface area contributed by atoms with E-state index >= 15 is 0 Å². The van der Waals surface area contributed by atoms with Crippen LogP contribution in [-0.2, 0) is 4.79 Å². The molecule has 0 aliphatic heterocycles. The van der Waals surface area contributed by atoms with Gasteiger partial charge in [-0.15, -0.1) is 0 Å². The van der Waals surface area contributed by atoms with Gasteiger partial charge in [0, 0.05) is 6.92 Å². The number of hydrogen-bond donors (Lipinski definition) is 1. The van der Waals surface area contributed by atoms with Gasteiger partial charge in [0.15, 0.2) is 0 Å². The maximum atomic E-state index is 9.00. The van der Waals surface area contributed by atoms with Crippen LogP contribution in [0.1, 0.15) is 226 Å². The second kappa shape index (κ2) is 40.4. The van der Waals surface area contributed by atoms with Crippen LogP contribution in [0, 0.1) is 0 Å². The zero-order valence-corrected chi connectivity index (χ0v) is 29.8. The molecule has 0 bridgehead atoms. The van der Waals surface area contributed by atoms with Crippen LogP contribution in [-0.4, -0.2) is 36.1 Å². The molecule has 0 atom stereocenters. The van der Waals surface area contributed by atoms with Crippen LogP contribution in [0.15, 0.2) is 0 Å². The van der Waals surface area contributed by atoms with Gasteiger partial charge in [-0.2, -0.15) is 0 Å². The summed E-state index contributed by atoms with van der Waals surface area (Å²) in [5.74, 6) is -0.833. The average molecular weight is 596 g/mol. The van der Waals surface area contributed by atoms with Crippen molar-refractivity contribution < 1.29 is 9.90 Å². The highest BCUT2D eigenvalue weighted by atomic mass is 16.4. The fraction of sp³-hybridized carbons (Fsp3) is 0.974. The van der Waals surface area contributed by atoms with Crippen LogP contribution < -0.4 is 0 Å². The van der Waals surface area contributed by atoms with Crippen LogP contribution >= 0.6 is 0 Å². The Hall–Kier alpha value is -0.570.